The van der Waals surface area contributed by atoms with Crippen molar-refractivity contribution in [2.45, 2.75) is 77.0 Å². The molecule has 0 bridgehead atoms. The van der Waals surface area contributed by atoms with E-state index in [0.29, 0.717) is 55.9 Å². The largest absolute Gasteiger partial charge is 0.339 e. The molecule has 1 aromatic carbocycles. The standard InChI is InChI=1S/C23H30N4O4/c1-5-23(14-13-18(29)25-21(23)30)15-9-11-16(12-10-15)24-17(28)7-6-8-19-26-20(27-31-19)22(2,3)4/h9-12H,5-8,13-14H2,1-4H3,(H,24,28)(H,25,29,30). The second-order valence-electron chi connectivity index (χ2n) is 9.05. The maximum absolute atomic E-state index is 12.5. The van der Waals surface area contributed by atoms with Crippen LogP contribution in [0.25, 0.3) is 0 Å². The van der Waals surface area contributed by atoms with Crippen LogP contribution in [0, 0.1) is 0 Å². The summed E-state index contributed by atoms with van der Waals surface area (Å²) in [7, 11) is 0. The molecule has 1 unspecified atom stereocenters. The zero-order valence-electron chi connectivity index (χ0n) is 18.6. The number of aryl methyl sites for hydroxylation is 1. The fraction of sp³-hybridized carbons (Fsp3) is 0.522. The molecule has 8 heteroatoms. The van der Waals surface area contributed by atoms with Crippen molar-refractivity contribution in [2.24, 2.45) is 0 Å². The maximum Gasteiger partial charge on any atom is 0.237 e. The lowest BCUT2D eigenvalue weighted by Gasteiger charge is -2.35. The van der Waals surface area contributed by atoms with Gasteiger partial charge >= 0.3 is 0 Å². The van der Waals surface area contributed by atoms with Gasteiger partial charge in [-0.15, -0.1) is 0 Å². The third kappa shape index (κ3) is 5.18. The molecule has 1 aliphatic heterocycles. The average molecular weight is 427 g/mol. The molecule has 2 heterocycles. The molecule has 3 rings (SSSR count). The minimum Gasteiger partial charge on any atom is -0.339 e. The third-order valence-electron chi connectivity index (χ3n) is 5.72. The van der Waals surface area contributed by atoms with Gasteiger partial charge < -0.3 is 9.84 Å². The Balaban J connectivity index is 1.53. The number of nitrogens with one attached hydrogen (secondary N) is 2. The molecule has 1 atom stereocenters. The van der Waals surface area contributed by atoms with Crippen molar-refractivity contribution in [3.05, 3.63) is 41.5 Å². The second kappa shape index (κ2) is 8.99. The van der Waals surface area contributed by atoms with Crippen LogP contribution in [-0.4, -0.2) is 27.9 Å². The number of piperidine rings is 1. The molecular formula is C23H30N4O4. The summed E-state index contributed by atoms with van der Waals surface area (Å²) in [6.45, 7) is 7.99. The molecule has 3 amide bonds. The van der Waals surface area contributed by atoms with E-state index in [4.69, 9.17) is 4.52 Å². The predicted octanol–water partition coefficient (Wildman–Crippen LogP) is 3.41. The topological polar surface area (TPSA) is 114 Å². The lowest BCUT2D eigenvalue weighted by molar-refractivity contribution is -0.138. The van der Waals surface area contributed by atoms with E-state index in [9.17, 15) is 14.4 Å². The summed E-state index contributed by atoms with van der Waals surface area (Å²) in [4.78, 5) is 40.7. The van der Waals surface area contributed by atoms with Crippen LogP contribution in [0.1, 0.15) is 77.1 Å². The fourth-order valence-electron chi connectivity index (χ4n) is 3.72. The number of amides is 3. The van der Waals surface area contributed by atoms with Crippen LogP contribution < -0.4 is 10.6 Å². The van der Waals surface area contributed by atoms with Crippen molar-refractivity contribution in [3.8, 4) is 0 Å². The minimum atomic E-state index is -0.702. The van der Waals surface area contributed by atoms with E-state index in [1.807, 2.05) is 39.8 Å². The van der Waals surface area contributed by atoms with Crippen molar-refractivity contribution < 1.29 is 18.9 Å². The van der Waals surface area contributed by atoms with E-state index in [1.165, 1.54) is 0 Å². The van der Waals surface area contributed by atoms with E-state index in [1.54, 1.807) is 12.1 Å². The molecule has 2 N–H and O–H groups in total. The molecule has 8 nitrogen and oxygen atoms in total. The van der Waals surface area contributed by atoms with Crippen LogP contribution in [0.4, 0.5) is 5.69 Å². The molecule has 1 saturated heterocycles. The number of hydrogen-bond donors (Lipinski definition) is 2. The van der Waals surface area contributed by atoms with Gasteiger partial charge in [0, 0.05) is 30.4 Å². The van der Waals surface area contributed by atoms with Crippen molar-refractivity contribution in [3.63, 3.8) is 0 Å². The van der Waals surface area contributed by atoms with Gasteiger partial charge in [0.2, 0.25) is 23.6 Å². The van der Waals surface area contributed by atoms with Crippen LogP contribution in [0.15, 0.2) is 28.8 Å². The summed E-state index contributed by atoms with van der Waals surface area (Å²) >= 11 is 0. The Morgan fingerprint density at radius 1 is 1.23 bits per heavy atom. The first kappa shape index (κ1) is 22.7. The molecule has 1 aliphatic rings. The molecular weight excluding hydrogens is 396 g/mol. The Labute approximate surface area is 182 Å². The number of hydrogen-bond acceptors (Lipinski definition) is 6. The van der Waals surface area contributed by atoms with Crippen LogP contribution in [-0.2, 0) is 31.6 Å². The molecule has 31 heavy (non-hydrogen) atoms. The van der Waals surface area contributed by atoms with Crippen LogP contribution in [0.5, 0.6) is 0 Å². The highest BCUT2D eigenvalue weighted by Crippen LogP contribution is 2.36. The number of rotatable bonds is 7. The first-order valence-electron chi connectivity index (χ1n) is 10.7. The highest BCUT2D eigenvalue weighted by molar-refractivity contribution is 6.03. The minimum absolute atomic E-state index is 0.102. The molecule has 1 fully saturated rings. The third-order valence-corrected chi connectivity index (χ3v) is 5.72. The quantitative estimate of drug-likeness (QED) is 0.656. The Kier molecular flexibility index (Phi) is 6.57. The van der Waals surface area contributed by atoms with Crippen LogP contribution in [0.3, 0.4) is 0 Å². The van der Waals surface area contributed by atoms with E-state index in [0.717, 1.165) is 5.56 Å². The van der Waals surface area contributed by atoms with Gasteiger partial charge in [0.15, 0.2) is 5.82 Å². The van der Waals surface area contributed by atoms with Crippen LogP contribution >= 0.6 is 0 Å². The van der Waals surface area contributed by atoms with E-state index in [2.05, 4.69) is 20.8 Å². The molecule has 2 aromatic rings. The van der Waals surface area contributed by atoms with Gasteiger partial charge in [-0.2, -0.15) is 4.98 Å². The van der Waals surface area contributed by atoms with E-state index < -0.39 is 5.41 Å². The Hall–Kier alpha value is -3.03. The number of aromatic nitrogens is 2. The molecule has 0 aliphatic carbocycles. The molecule has 0 spiro atoms. The molecule has 0 saturated carbocycles. The van der Waals surface area contributed by atoms with Gasteiger partial charge in [-0.3, -0.25) is 19.7 Å². The summed E-state index contributed by atoms with van der Waals surface area (Å²) in [5, 5.41) is 9.31. The number of anilines is 1. The van der Waals surface area contributed by atoms with Gasteiger partial charge in [0.25, 0.3) is 0 Å². The van der Waals surface area contributed by atoms with E-state index in [-0.39, 0.29) is 23.1 Å². The van der Waals surface area contributed by atoms with Crippen molar-refractivity contribution in [1.29, 1.82) is 0 Å². The van der Waals surface area contributed by atoms with Gasteiger partial charge in [0.1, 0.15) is 0 Å². The lowest BCUT2D eigenvalue weighted by atomic mass is 9.72. The molecule has 0 radical (unpaired) electrons. The summed E-state index contributed by atoms with van der Waals surface area (Å²) < 4.78 is 5.25. The smallest absolute Gasteiger partial charge is 0.237 e. The number of nitrogens with zero attached hydrogens (tertiary/aromatic N) is 2. The second-order valence-corrected chi connectivity index (χ2v) is 9.05. The zero-order chi connectivity index (χ0) is 22.6. The Bertz CT molecular complexity index is 959. The van der Waals surface area contributed by atoms with Crippen molar-refractivity contribution >= 4 is 23.4 Å². The number of carbonyl (C=O) groups is 3. The maximum atomic E-state index is 12.5. The molecule has 1 aromatic heterocycles. The predicted molar refractivity (Wildman–Crippen MR) is 115 cm³/mol. The first-order chi connectivity index (χ1) is 14.6. The Morgan fingerprint density at radius 2 is 1.94 bits per heavy atom. The van der Waals surface area contributed by atoms with Gasteiger partial charge in [0.05, 0.1) is 5.41 Å². The highest BCUT2D eigenvalue weighted by Gasteiger charge is 2.42. The van der Waals surface area contributed by atoms with Crippen molar-refractivity contribution in [1.82, 2.24) is 15.5 Å². The normalized spacial score (nSPS) is 19.2. The van der Waals surface area contributed by atoms with Gasteiger partial charge in [-0.1, -0.05) is 45.0 Å². The fourth-order valence-corrected chi connectivity index (χ4v) is 3.72. The monoisotopic (exact) mass is 426 g/mol. The lowest BCUT2D eigenvalue weighted by Crippen LogP contribution is -2.51. The average Bonchev–Trinajstić information content (AvgIpc) is 3.19. The zero-order valence-corrected chi connectivity index (χ0v) is 18.6. The number of carbonyl (C=O) groups excluding carboxylic acids is 3. The SMILES string of the molecule is CCC1(c2ccc(NC(=O)CCCc3nc(C(C)(C)C)no3)cc2)CCC(=O)NC1=O. The summed E-state index contributed by atoms with van der Waals surface area (Å²) in [5.41, 5.74) is 0.645. The number of imide groups is 1. The number of benzene rings is 1. The van der Waals surface area contributed by atoms with E-state index >= 15 is 0 Å². The summed E-state index contributed by atoms with van der Waals surface area (Å²) in [5.74, 6) is 0.616. The van der Waals surface area contributed by atoms with Gasteiger partial charge in [-0.05, 0) is 37.0 Å². The highest BCUT2D eigenvalue weighted by atomic mass is 16.5. The van der Waals surface area contributed by atoms with Gasteiger partial charge in [-0.25, -0.2) is 0 Å². The summed E-state index contributed by atoms with van der Waals surface area (Å²) in [6.07, 6.45) is 2.90. The molecule has 166 valence electrons. The summed E-state index contributed by atoms with van der Waals surface area (Å²) in [6, 6.07) is 7.28. The first-order valence-corrected chi connectivity index (χ1v) is 10.7. The van der Waals surface area contributed by atoms with Crippen LogP contribution in [0.2, 0.25) is 0 Å². The Morgan fingerprint density at radius 3 is 2.52 bits per heavy atom. The van der Waals surface area contributed by atoms with Crippen molar-refractivity contribution in [2.75, 3.05) is 5.32 Å².